The summed E-state index contributed by atoms with van der Waals surface area (Å²) in [7, 11) is 1.61. The molecular weight excluding hydrogens is 568 g/mol. The topological polar surface area (TPSA) is 49.7 Å². The zero-order valence-corrected chi connectivity index (χ0v) is 27.6. The summed E-state index contributed by atoms with van der Waals surface area (Å²) in [5, 5.41) is 5.66. The lowest BCUT2D eigenvalue weighted by atomic mass is 9.39. The zero-order valence-electron chi connectivity index (χ0n) is 27.6. The van der Waals surface area contributed by atoms with E-state index in [-0.39, 0.29) is 28.3 Å². The van der Waals surface area contributed by atoms with Gasteiger partial charge in [0.1, 0.15) is 0 Å². The molecule has 0 unspecified atom stereocenters. The molecule has 3 aliphatic carbocycles. The third kappa shape index (κ3) is 2.87. The van der Waals surface area contributed by atoms with Crippen molar-refractivity contribution in [2.75, 3.05) is 38.6 Å². The van der Waals surface area contributed by atoms with Gasteiger partial charge in [-0.3, -0.25) is 14.6 Å². The Hall–Kier alpha value is -2.83. The van der Waals surface area contributed by atoms with E-state index in [2.05, 4.69) is 69.1 Å². The lowest BCUT2D eigenvalue weighted by Crippen LogP contribution is -2.76. The van der Waals surface area contributed by atoms with Crippen molar-refractivity contribution in [3.8, 4) is 0 Å². The molecule has 3 saturated heterocycles. The predicted molar refractivity (Wildman–Crippen MR) is 180 cm³/mol. The van der Waals surface area contributed by atoms with Gasteiger partial charge in [0.05, 0.1) is 30.7 Å². The Morgan fingerprint density at radius 1 is 0.957 bits per heavy atom. The molecule has 1 N–H and O–H groups in total. The molecule has 2 aromatic carbocycles. The van der Waals surface area contributed by atoms with E-state index in [1.807, 2.05) is 0 Å². The summed E-state index contributed by atoms with van der Waals surface area (Å²) in [4.78, 5) is 19.4. The number of hydrogen-bond donors (Lipinski definition) is 1. The number of carbonyl (C=O) groups is 1. The number of methoxy groups -OCH3 is 1. The van der Waals surface area contributed by atoms with Crippen LogP contribution < -0.4 is 5.32 Å². The number of esters is 1. The van der Waals surface area contributed by atoms with Gasteiger partial charge in [0.2, 0.25) is 0 Å². The minimum Gasteiger partial charge on any atom is -0.469 e. The third-order valence-corrected chi connectivity index (χ3v) is 15.7. The molecular formula is C40H48N4O2. The van der Waals surface area contributed by atoms with Crippen LogP contribution in [0.3, 0.4) is 0 Å². The molecule has 2 bridgehead atoms. The van der Waals surface area contributed by atoms with E-state index in [0.717, 1.165) is 25.8 Å². The highest BCUT2D eigenvalue weighted by atomic mass is 16.5. The summed E-state index contributed by atoms with van der Waals surface area (Å²) in [5.41, 5.74) is 9.27. The van der Waals surface area contributed by atoms with Crippen molar-refractivity contribution in [1.29, 1.82) is 0 Å². The summed E-state index contributed by atoms with van der Waals surface area (Å²) >= 11 is 0. The van der Waals surface area contributed by atoms with Gasteiger partial charge in [0.15, 0.2) is 0 Å². The van der Waals surface area contributed by atoms with Gasteiger partial charge in [-0.15, -0.1) is 0 Å². The number of rotatable bonds is 3. The number of piperidine rings is 2. The number of fused-ring (bicyclic) bond motifs is 6. The van der Waals surface area contributed by atoms with Gasteiger partial charge in [-0.2, -0.15) is 0 Å². The van der Waals surface area contributed by atoms with Crippen LogP contribution >= 0.6 is 0 Å². The van der Waals surface area contributed by atoms with Crippen LogP contribution in [0, 0.1) is 16.7 Å². The lowest BCUT2D eigenvalue weighted by Gasteiger charge is -2.69. The number of para-hydroxylation sites is 1. The molecule has 0 radical (unpaired) electrons. The minimum atomic E-state index is -0.245. The van der Waals surface area contributed by atoms with E-state index >= 15 is 0 Å². The molecule has 6 heteroatoms. The largest absolute Gasteiger partial charge is 0.469 e. The van der Waals surface area contributed by atoms with Crippen molar-refractivity contribution in [3.05, 3.63) is 64.8 Å². The monoisotopic (exact) mass is 616 g/mol. The lowest BCUT2D eigenvalue weighted by molar-refractivity contribution is -0.171. The van der Waals surface area contributed by atoms with Gasteiger partial charge >= 0.3 is 5.97 Å². The van der Waals surface area contributed by atoms with Crippen LogP contribution in [-0.2, 0) is 21.4 Å². The van der Waals surface area contributed by atoms with Crippen LogP contribution in [0.2, 0.25) is 0 Å². The highest BCUT2D eigenvalue weighted by molar-refractivity contribution is 5.87. The number of anilines is 1. The van der Waals surface area contributed by atoms with E-state index in [1.54, 1.807) is 18.4 Å². The molecule has 12 rings (SSSR count). The Labute approximate surface area is 272 Å². The van der Waals surface area contributed by atoms with Gasteiger partial charge in [-0.05, 0) is 130 Å². The molecule has 7 heterocycles. The van der Waals surface area contributed by atoms with Crippen molar-refractivity contribution < 1.29 is 9.53 Å². The van der Waals surface area contributed by atoms with Crippen molar-refractivity contribution in [2.45, 2.75) is 107 Å². The summed E-state index contributed by atoms with van der Waals surface area (Å²) in [6.45, 7) is 7.29. The van der Waals surface area contributed by atoms with Crippen molar-refractivity contribution >= 4 is 22.6 Å². The van der Waals surface area contributed by atoms with Crippen LogP contribution in [0.4, 0.5) is 5.69 Å². The van der Waals surface area contributed by atoms with Crippen LogP contribution in [-0.4, -0.2) is 65.2 Å². The number of benzene rings is 2. The minimum absolute atomic E-state index is 0.0111. The summed E-state index contributed by atoms with van der Waals surface area (Å²) in [6, 6.07) is 18.3. The average molecular weight is 617 g/mol. The molecule has 240 valence electrons. The van der Waals surface area contributed by atoms with Crippen LogP contribution in [0.25, 0.3) is 10.9 Å². The zero-order chi connectivity index (χ0) is 30.6. The van der Waals surface area contributed by atoms with Gasteiger partial charge in [-0.25, -0.2) is 0 Å². The summed E-state index contributed by atoms with van der Waals surface area (Å²) in [5.74, 6) is -0.0687. The number of carbonyl (C=O) groups excluding carboxylic acids is 1. The number of aromatic nitrogens is 1. The number of nitrogens with one attached hydrogen (secondary N) is 1. The number of hydrogen-bond acceptors (Lipinski definition) is 5. The SMILES string of the molecule is CC[C@]12CCCN3CCc4c(n(c5ccccc45)[C@@H](c4ccc5c(c4)[C@@]46CCN7CCC[C@@]8(CC[C@@]4(N5)[C@H](C(=O)OC)C8)[C@H]76)C1)[C@@H]32. The summed E-state index contributed by atoms with van der Waals surface area (Å²) in [6.07, 6.45) is 13.2. The van der Waals surface area contributed by atoms with Crippen molar-refractivity contribution in [1.82, 2.24) is 14.4 Å². The molecule has 6 aliphatic heterocycles. The Bertz CT molecular complexity index is 1830. The van der Waals surface area contributed by atoms with E-state index < -0.39 is 0 Å². The summed E-state index contributed by atoms with van der Waals surface area (Å²) < 4.78 is 8.44. The van der Waals surface area contributed by atoms with Crippen molar-refractivity contribution in [2.24, 2.45) is 16.7 Å². The van der Waals surface area contributed by atoms with E-state index in [0.29, 0.717) is 23.5 Å². The molecule has 1 aromatic heterocycles. The Morgan fingerprint density at radius 3 is 2.72 bits per heavy atom. The third-order valence-electron chi connectivity index (χ3n) is 15.7. The molecule has 0 amide bonds. The molecule has 46 heavy (non-hydrogen) atoms. The normalized spacial score (nSPS) is 41.4. The molecule has 3 spiro atoms. The quantitative estimate of drug-likeness (QED) is 0.322. The molecule has 6 fully saturated rings. The van der Waals surface area contributed by atoms with Gasteiger partial charge in [0, 0.05) is 40.3 Å². The number of nitrogens with zero attached hydrogens (tertiary/aromatic N) is 3. The fourth-order valence-corrected chi connectivity index (χ4v) is 14.3. The number of ether oxygens (including phenoxy) is 1. The van der Waals surface area contributed by atoms with E-state index in [9.17, 15) is 4.79 Å². The predicted octanol–water partition coefficient (Wildman–Crippen LogP) is 6.97. The van der Waals surface area contributed by atoms with Crippen LogP contribution in [0.5, 0.6) is 0 Å². The first kappa shape index (κ1) is 27.2. The van der Waals surface area contributed by atoms with Crippen molar-refractivity contribution in [3.63, 3.8) is 0 Å². The second-order valence-corrected chi connectivity index (χ2v) is 16.8. The standard InChI is InChI=1S/C40H48N4O2/c1-3-37-13-6-18-42-20-12-27-26-8-4-5-9-31(26)44(33(27)34(37)42)32(24-37)25-10-11-30-28(22-25)39-17-21-43-19-7-14-38(36(39)43)15-16-40(39,41-30)29(23-38)35(45)46-2/h4-5,8-11,22,29,32,34,36,41H,3,6-7,12-21,23-24H2,1-2H3/t29-,32+,34+,36-,37-,38-,39+,40+/m0/s1. The van der Waals surface area contributed by atoms with Gasteiger partial charge < -0.3 is 14.6 Å². The van der Waals surface area contributed by atoms with Crippen LogP contribution in [0.15, 0.2) is 42.5 Å². The molecule has 6 nitrogen and oxygen atoms in total. The molecule has 8 atom stereocenters. The second kappa shape index (κ2) is 8.79. The molecule has 3 aromatic rings. The fourth-order valence-electron chi connectivity index (χ4n) is 14.3. The van der Waals surface area contributed by atoms with Crippen LogP contribution in [0.1, 0.15) is 106 Å². The highest BCUT2D eigenvalue weighted by Crippen LogP contribution is 2.74. The smallest absolute Gasteiger partial charge is 0.311 e. The Morgan fingerprint density at radius 2 is 1.83 bits per heavy atom. The Balaban J connectivity index is 1.13. The highest BCUT2D eigenvalue weighted by Gasteiger charge is 2.79. The second-order valence-electron chi connectivity index (χ2n) is 16.8. The van der Waals surface area contributed by atoms with E-state index in [4.69, 9.17) is 4.74 Å². The maximum Gasteiger partial charge on any atom is 0.311 e. The first-order chi connectivity index (χ1) is 22.5. The van der Waals surface area contributed by atoms with Gasteiger partial charge in [-0.1, -0.05) is 37.3 Å². The maximum atomic E-state index is 13.7. The molecule has 9 aliphatic rings. The van der Waals surface area contributed by atoms with Gasteiger partial charge in [0.25, 0.3) is 0 Å². The first-order valence-electron chi connectivity index (χ1n) is 18.6. The van der Waals surface area contributed by atoms with E-state index in [1.165, 1.54) is 98.7 Å². The Kier molecular flexibility index (Phi) is 5.19. The maximum absolute atomic E-state index is 13.7. The average Bonchev–Trinajstić information content (AvgIpc) is 3.76. The first-order valence-corrected chi connectivity index (χ1v) is 18.6. The molecule has 3 saturated carbocycles. The fraction of sp³-hybridized carbons (Fsp3) is 0.625.